The zero-order chi connectivity index (χ0) is 17.8. The number of amides is 2. The van der Waals surface area contributed by atoms with Gasteiger partial charge in [-0.3, -0.25) is 19.4 Å². The molecule has 0 spiro atoms. The lowest BCUT2D eigenvalue weighted by Crippen LogP contribution is -2.63. The molecule has 2 heterocycles. The number of piperazine rings is 1. The number of para-hydroxylation sites is 2. The quantitative estimate of drug-likeness (QED) is 0.765. The minimum atomic E-state index is -0.268. The molecule has 6 heteroatoms. The van der Waals surface area contributed by atoms with Crippen LogP contribution in [0.15, 0.2) is 24.3 Å². The van der Waals surface area contributed by atoms with Gasteiger partial charge in [0.2, 0.25) is 11.8 Å². The summed E-state index contributed by atoms with van der Waals surface area (Å²) in [6.45, 7) is 7.91. The maximum absolute atomic E-state index is 12.5. The van der Waals surface area contributed by atoms with Crippen LogP contribution in [0.25, 0.3) is 0 Å². The van der Waals surface area contributed by atoms with Crippen molar-refractivity contribution in [2.45, 2.75) is 39.3 Å². The van der Waals surface area contributed by atoms with Crippen LogP contribution in [-0.4, -0.2) is 60.6 Å². The van der Waals surface area contributed by atoms with Crippen LogP contribution in [0.4, 0.5) is 5.69 Å². The molecular formula is C19H27N3O3. The van der Waals surface area contributed by atoms with Crippen molar-refractivity contribution in [2.24, 2.45) is 0 Å². The molecule has 3 rings (SSSR count). The Balaban J connectivity index is 1.95. The fraction of sp³-hybridized carbons (Fsp3) is 0.579. The Labute approximate surface area is 149 Å². The first-order valence-corrected chi connectivity index (χ1v) is 9.21. The van der Waals surface area contributed by atoms with Crippen LogP contribution in [-0.2, 0) is 9.59 Å². The van der Waals surface area contributed by atoms with Crippen molar-refractivity contribution < 1.29 is 14.3 Å². The number of likely N-dealkylation sites (N-methyl/N-ethyl adjacent to an activating group) is 1. The number of piperidine rings is 1. The number of imide groups is 1. The van der Waals surface area contributed by atoms with Gasteiger partial charge in [-0.2, -0.15) is 0 Å². The lowest BCUT2D eigenvalue weighted by Gasteiger charge is -2.47. The standard InChI is InChI=1S/C19H27N3O3/c1-3-20-12-13-21(15-8-5-6-9-16(15)25-4-2)17(14-20)22-18(23)10-7-11-19(22)24/h5-6,8-9,17H,3-4,7,10-14H2,1-2H3. The number of carbonyl (C=O) groups excluding carboxylic acids is 2. The number of anilines is 1. The highest BCUT2D eigenvalue weighted by Gasteiger charge is 2.39. The molecule has 1 unspecified atom stereocenters. The summed E-state index contributed by atoms with van der Waals surface area (Å²) in [6.07, 6.45) is 1.30. The Morgan fingerprint density at radius 2 is 1.80 bits per heavy atom. The summed E-state index contributed by atoms with van der Waals surface area (Å²) in [6, 6.07) is 7.88. The third-order valence-corrected chi connectivity index (χ3v) is 4.98. The molecule has 0 radical (unpaired) electrons. The van der Waals surface area contributed by atoms with Crippen LogP contribution in [0.5, 0.6) is 5.75 Å². The fourth-order valence-corrected chi connectivity index (χ4v) is 3.68. The smallest absolute Gasteiger partial charge is 0.230 e. The van der Waals surface area contributed by atoms with Crippen molar-refractivity contribution in [3.8, 4) is 5.75 Å². The van der Waals surface area contributed by atoms with Crippen molar-refractivity contribution in [1.29, 1.82) is 0 Å². The van der Waals surface area contributed by atoms with Crippen molar-refractivity contribution in [1.82, 2.24) is 9.80 Å². The van der Waals surface area contributed by atoms with Gasteiger partial charge < -0.3 is 9.64 Å². The molecule has 2 saturated heterocycles. The van der Waals surface area contributed by atoms with Crippen molar-refractivity contribution >= 4 is 17.5 Å². The fourth-order valence-electron chi connectivity index (χ4n) is 3.68. The molecule has 2 amide bonds. The third-order valence-electron chi connectivity index (χ3n) is 4.98. The Morgan fingerprint density at radius 3 is 2.48 bits per heavy atom. The number of benzene rings is 1. The second kappa shape index (κ2) is 7.87. The minimum Gasteiger partial charge on any atom is -0.492 e. The largest absolute Gasteiger partial charge is 0.492 e. The second-order valence-corrected chi connectivity index (χ2v) is 6.48. The van der Waals surface area contributed by atoms with E-state index in [1.807, 2.05) is 31.2 Å². The molecule has 136 valence electrons. The Hall–Kier alpha value is -2.08. The van der Waals surface area contributed by atoms with Crippen molar-refractivity contribution in [3.05, 3.63) is 24.3 Å². The van der Waals surface area contributed by atoms with Crippen LogP contribution in [0.2, 0.25) is 0 Å². The maximum atomic E-state index is 12.5. The molecule has 1 aromatic rings. The second-order valence-electron chi connectivity index (χ2n) is 6.48. The van der Waals surface area contributed by atoms with Crippen LogP contribution in [0, 0.1) is 0 Å². The van der Waals surface area contributed by atoms with Gasteiger partial charge in [-0.25, -0.2) is 0 Å². The van der Waals surface area contributed by atoms with Crippen molar-refractivity contribution in [3.63, 3.8) is 0 Å². The van der Waals surface area contributed by atoms with E-state index >= 15 is 0 Å². The van der Waals surface area contributed by atoms with E-state index in [0.29, 0.717) is 32.4 Å². The van der Waals surface area contributed by atoms with Crippen LogP contribution in [0.3, 0.4) is 0 Å². The predicted molar refractivity (Wildman–Crippen MR) is 96.6 cm³/mol. The summed E-state index contributed by atoms with van der Waals surface area (Å²) < 4.78 is 5.79. The molecule has 6 nitrogen and oxygen atoms in total. The van der Waals surface area contributed by atoms with Gasteiger partial charge in [0.1, 0.15) is 11.9 Å². The van der Waals surface area contributed by atoms with Gasteiger partial charge in [0.25, 0.3) is 0 Å². The summed E-state index contributed by atoms with van der Waals surface area (Å²) in [5.41, 5.74) is 0.955. The molecule has 1 aromatic carbocycles. The van der Waals surface area contributed by atoms with E-state index in [1.165, 1.54) is 4.90 Å². The monoisotopic (exact) mass is 345 g/mol. The predicted octanol–water partition coefficient (Wildman–Crippen LogP) is 2.09. The topological polar surface area (TPSA) is 53.1 Å². The van der Waals surface area contributed by atoms with Gasteiger partial charge in [-0.1, -0.05) is 19.1 Å². The van der Waals surface area contributed by atoms with Gasteiger partial charge in [-0.05, 0) is 32.0 Å². The van der Waals surface area contributed by atoms with Crippen LogP contribution in [0.1, 0.15) is 33.1 Å². The zero-order valence-electron chi connectivity index (χ0n) is 15.1. The number of rotatable bonds is 5. The van der Waals surface area contributed by atoms with E-state index in [4.69, 9.17) is 4.74 Å². The van der Waals surface area contributed by atoms with Crippen LogP contribution >= 0.6 is 0 Å². The highest BCUT2D eigenvalue weighted by molar-refractivity contribution is 5.98. The molecule has 0 bridgehead atoms. The molecule has 1 atom stereocenters. The molecule has 2 aliphatic heterocycles. The number of carbonyl (C=O) groups is 2. The SMILES string of the molecule is CCOc1ccccc1N1CCN(CC)CC1N1C(=O)CCCC1=O. The number of ether oxygens (including phenoxy) is 1. The van der Waals surface area contributed by atoms with E-state index in [-0.39, 0.29) is 18.0 Å². The molecule has 0 aromatic heterocycles. The molecule has 0 aliphatic carbocycles. The first-order chi connectivity index (χ1) is 12.2. The first-order valence-electron chi connectivity index (χ1n) is 9.21. The van der Waals surface area contributed by atoms with E-state index in [9.17, 15) is 9.59 Å². The Kier molecular flexibility index (Phi) is 5.58. The first kappa shape index (κ1) is 17.7. The van der Waals surface area contributed by atoms with E-state index in [0.717, 1.165) is 31.1 Å². The molecule has 2 aliphatic rings. The van der Waals surface area contributed by atoms with Crippen LogP contribution < -0.4 is 9.64 Å². The average molecular weight is 345 g/mol. The van der Waals surface area contributed by atoms with E-state index in [2.05, 4.69) is 16.7 Å². The van der Waals surface area contributed by atoms with E-state index in [1.54, 1.807) is 0 Å². The molecule has 0 N–H and O–H groups in total. The lowest BCUT2D eigenvalue weighted by atomic mass is 10.1. The number of nitrogens with zero attached hydrogens (tertiary/aromatic N) is 3. The molecule has 2 fully saturated rings. The van der Waals surface area contributed by atoms with Gasteiger partial charge in [0.15, 0.2) is 0 Å². The van der Waals surface area contributed by atoms with Gasteiger partial charge in [0.05, 0.1) is 12.3 Å². The highest BCUT2D eigenvalue weighted by atomic mass is 16.5. The highest BCUT2D eigenvalue weighted by Crippen LogP contribution is 2.33. The zero-order valence-corrected chi connectivity index (χ0v) is 15.1. The summed E-state index contributed by atoms with van der Waals surface area (Å²) in [4.78, 5) is 31.0. The van der Waals surface area contributed by atoms with E-state index < -0.39 is 0 Å². The Bertz CT molecular complexity index is 618. The lowest BCUT2D eigenvalue weighted by molar-refractivity contribution is -0.151. The van der Waals surface area contributed by atoms with Crippen molar-refractivity contribution in [2.75, 3.05) is 37.7 Å². The van der Waals surface area contributed by atoms with Gasteiger partial charge in [-0.15, -0.1) is 0 Å². The molecule has 25 heavy (non-hydrogen) atoms. The minimum absolute atomic E-state index is 0.0573. The summed E-state index contributed by atoms with van der Waals surface area (Å²) in [7, 11) is 0. The number of hydrogen-bond donors (Lipinski definition) is 0. The van der Waals surface area contributed by atoms with Gasteiger partial charge >= 0.3 is 0 Å². The average Bonchev–Trinajstić information content (AvgIpc) is 2.62. The normalized spacial score (nSPS) is 22.4. The third kappa shape index (κ3) is 3.63. The number of hydrogen-bond acceptors (Lipinski definition) is 5. The molecule has 0 saturated carbocycles. The summed E-state index contributed by atoms with van der Waals surface area (Å²) >= 11 is 0. The molecular weight excluding hydrogens is 318 g/mol. The number of likely N-dealkylation sites (tertiary alicyclic amines) is 1. The summed E-state index contributed by atoms with van der Waals surface area (Å²) in [5.74, 6) is 0.688. The summed E-state index contributed by atoms with van der Waals surface area (Å²) in [5, 5.41) is 0. The Morgan fingerprint density at radius 1 is 1.08 bits per heavy atom. The maximum Gasteiger partial charge on any atom is 0.230 e. The van der Waals surface area contributed by atoms with Gasteiger partial charge in [0, 0.05) is 32.5 Å².